The van der Waals surface area contributed by atoms with Crippen LogP contribution in [0.2, 0.25) is 5.02 Å². The number of aliphatic hydroxyl groups is 4. The topological polar surface area (TPSA) is 99.4 Å². The van der Waals surface area contributed by atoms with E-state index in [-0.39, 0.29) is 6.61 Å². The minimum absolute atomic E-state index is 0.175. The third-order valence-corrected chi connectivity index (χ3v) is 3.50. The number of benzene rings is 1. The van der Waals surface area contributed by atoms with Crippen LogP contribution in [0.15, 0.2) is 24.3 Å². The van der Waals surface area contributed by atoms with Crippen molar-refractivity contribution in [1.29, 1.82) is 0 Å². The van der Waals surface area contributed by atoms with Gasteiger partial charge in [0.15, 0.2) is 6.29 Å². The molecule has 0 aliphatic carbocycles. The minimum atomic E-state index is -1.37. The van der Waals surface area contributed by atoms with Crippen molar-refractivity contribution >= 4 is 11.6 Å². The summed E-state index contributed by atoms with van der Waals surface area (Å²) in [5, 5.41) is 38.7. The molecule has 1 aromatic rings. The molecule has 0 aromatic heterocycles. The third-order valence-electron chi connectivity index (χ3n) is 3.16. The summed E-state index contributed by atoms with van der Waals surface area (Å²) in [4.78, 5) is 0. The van der Waals surface area contributed by atoms with E-state index in [1.807, 2.05) is 0 Å². The zero-order chi connectivity index (χ0) is 14.7. The van der Waals surface area contributed by atoms with Gasteiger partial charge in [0.2, 0.25) is 0 Å². The average Bonchev–Trinajstić information content (AvgIpc) is 2.60. The maximum Gasteiger partial charge on any atom is 0.185 e. The number of rotatable bonds is 3. The summed E-state index contributed by atoms with van der Waals surface area (Å²) in [6.45, 7) is -0.782. The Morgan fingerprint density at radius 1 is 1.30 bits per heavy atom. The molecule has 1 aliphatic rings. The highest BCUT2D eigenvalue weighted by Crippen LogP contribution is 2.31. The summed E-state index contributed by atoms with van der Waals surface area (Å²) >= 11 is 6.05. The van der Waals surface area contributed by atoms with Crippen LogP contribution in [-0.4, -0.2) is 58.1 Å². The lowest BCUT2D eigenvalue weighted by Gasteiger charge is -2.28. The van der Waals surface area contributed by atoms with E-state index < -0.39 is 37.3 Å². The first-order chi connectivity index (χ1) is 9.54. The molecule has 0 bridgehead atoms. The maximum atomic E-state index is 9.89. The van der Waals surface area contributed by atoms with Gasteiger partial charge in [0.25, 0.3) is 0 Å². The lowest BCUT2D eigenvalue weighted by Crippen LogP contribution is -2.47. The van der Waals surface area contributed by atoms with Crippen LogP contribution in [0, 0.1) is 0 Å². The van der Waals surface area contributed by atoms with E-state index in [1.165, 1.54) is 0 Å². The molecule has 5 atom stereocenters. The van der Waals surface area contributed by atoms with E-state index in [1.54, 1.807) is 24.3 Å². The van der Waals surface area contributed by atoms with Crippen LogP contribution in [0.25, 0.3) is 0 Å². The Morgan fingerprint density at radius 2 is 2.00 bits per heavy atom. The molecule has 0 saturated carbocycles. The van der Waals surface area contributed by atoms with E-state index in [0.29, 0.717) is 10.6 Å². The predicted molar refractivity (Wildman–Crippen MR) is 70.1 cm³/mol. The van der Waals surface area contributed by atoms with Crippen LogP contribution >= 0.6 is 11.6 Å². The Balaban J connectivity index is 2.25. The maximum absolute atomic E-state index is 9.89. The first-order valence-corrected chi connectivity index (χ1v) is 6.59. The van der Waals surface area contributed by atoms with Crippen molar-refractivity contribution in [1.82, 2.24) is 0 Å². The van der Waals surface area contributed by atoms with E-state index in [2.05, 4.69) is 0 Å². The molecule has 0 radical (unpaired) electrons. The molecule has 0 amide bonds. The first kappa shape index (κ1) is 15.7. The van der Waals surface area contributed by atoms with Crippen molar-refractivity contribution in [2.24, 2.45) is 0 Å². The number of hydrogen-bond donors (Lipinski definition) is 4. The molecule has 1 aromatic carbocycles. The van der Waals surface area contributed by atoms with Crippen molar-refractivity contribution in [3.8, 4) is 0 Å². The number of hydrogen-bond acceptors (Lipinski definition) is 6. The fraction of sp³-hybridized carbons (Fsp3) is 0.538. The van der Waals surface area contributed by atoms with Crippen LogP contribution in [0.3, 0.4) is 0 Å². The normalized spacial score (nSPS) is 32.6. The van der Waals surface area contributed by atoms with Crippen LogP contribution in [-0.2, 0) is 9.47 Å². The number of ether oxygens (including phenoxy) is 2. The molecule has 0 spiro atoms. The smallest absolute Gasteiger partial charge is 0.185 e. The average molecular weight is 305 g/mol. The molecule has 2 rings (SSSR count). The van der Waals surface area contributed by atoms with Gasteiger partial charge < -0.3 is 29.9 Å². The summed E-state index contributed by atoms with van der Waals surface area (Å²) < 4.78 is 10.9. The predicted octanol–water partition coefficient (Wildman–Crippen LogP) is -0.171. The molecular weight excluding hydrogens is 288 g/mol. The fourth-order valence-corrected chi connectivity index (χ4v) is 2.24. The summed E-state index contributed by atoms with van der Waals surface area (Å²) in [6, 6.07) is 6.81. The molecule has 1 fully saturated rings. The van der Waals surface area contributed by atoms with Crippen molar-refractivity contribution in [2.75, 3.05) is 13.2 Å². The number of halogens is 1. The van der Waals surface area contributed by atoms with E-state index in [9.17, 15) is 15.3 Å². The quantitative estimate of drug-likeness (QED) is 0.619. The van der Waals surface area contributed by atoms with Crippen molar-refractivity contribution in [3.05, 3.63) is 34.9 Å². The molecular formula is C13H17ClO6. The Hall–Kier alpha value is -0.730. The second kappa shape index (κ2) is 6.82. The molecule has 1 aliphatic heterocycles. The highest BCUT2D eigenvalue weighted by Gasteiger charge is 2.39. The molecule has 4 N–H and O–H groups in total. The second-order valence-corrected chi connectivity index (χ2v) is 5.00. The van der Waals surface area contributed by atoms with Crippen LogP contribution < -0.4 is 0 Å². The highest BCUT2D eigenvalue weighted by atomic mass is 35.5. The van der Waals surface area contributed by atoms with Crippen LogP contribution in [0.1, 0.15) is 11.9 Å². The second-order valence-electron chi connectivity index (χ2n) is 4.60. The van der Waals surface area contributed by atoms with E-state index in [4.69, 9.17) is 26.2 Å². The van der Waals surface area contributed by atoms with Gasteiger partial charge in [-0.25, -0.2) is 0 Å². The van der Waals surface area contributed by atoms with Crippen LogP contribution in [0.5, 0.6) is 0 Å². The molecule has 7 heteroatoms. The summed E-state index contributed by atoms with van der Waals surface area (Å²) in [7, 11) is 0. The molecule has 6 nitrogen and oxygen atoms in total. The van der Waals surface area contributed by atoms with Gasteiger partial charge in [-0.3, -0.25) is 0 Å². The molecule has 20 heavy (non-hydrogen) atoms. The zero-order valence-corrected chi connectivity index (χ0v) is 11.3. The van der Waals surface area contributed by atoms with Crippen molar-refractivity contribution < 1.29 is 29.9 Å². The number of aliphatic hydroxyl groups excluding tert-OH is 4. The Kier molecular flexibility index (Phi) is 5.34. The van der Waals surface area contributed by atoms with Crippen LogP contribution in [0.4, 0.5) is 0 Å². The van der Waals surface area contributed by atoms with Gasteiger partial charge >= 0.3 is 0 Å². The van der Waals surface area contributed by atoms with Gasteiger partial charge in [0.05, 0.1) is 13.2 Å². The van der Waals surface area contributed by atoms with E-state index >= 15 is 0 Å². The Bertz CT molecular complexity index is 443. The standard InChI is InChI=1S/C13H17ClO6/c14-8-4-2-1-3-7(8)13-19-6-10(17)11(18)12(20-13)9(16)5-15/h1-4,9-13,15-18H,5-6H2/t9-,10+,11-,12-,13?/m1/s1. The largest absolute Gasteiger partial charge is 0.394 e. The van der Waals surface area contributed by atoms with Gasteiger partial charge in [0, 0.05) is 10.6 Å². The van der Waals surface area contributed by atoms with Gasteiger partial charge in [-0.2, -0.15) is 0 Å². The fourth-order valence-electron chi connectivity index (χ4n) is 2.02. The van der Waals surface area contributed by atoms with Gasteiger partial charge in [-0.05, 0) is 6.07 Å². The van der Waals surface area contributed by atoms with Gasteiger partial charge in [-0.15, -0.1) is 0 Å². The minimum Gasteiger partial charge on any atom is -0.394 e. The Morgan fingerprint density at radius 3 is 2.65 bits per heavy atom. The lowest BCUT2D eigenvalue weighted by atomic mass is 10.0. The lowest BCUT2D eigenvalue weighted by molar-refractivity contribution is -0.199. The van der Waals surface area contributed by atoms with E-state index in [0.717, 1.165) is 0 Å². The van der Waals surface area contributed by atoms with Crippen molar-refractivity contribution in [3.63, 3.8) is 0 Å². The summed E-state index contributed by atoms with van der Waals surface area (Å²) in [5.41, 5.74) is 0.519. The Labute approximate surface area is 121 Å². The molecule has 1 saturated heterocycles. The van der Waals surface area contributed by atoms with Gasteiger partial charge in [-0.1, -0.05) is 29.8 Å². The summed E-state index contributed by atoms with van der Waals surface area (Å²) in [6.07, 6.45) is -6.06. The highest BCUT2D eigenvalue weighted by molar-refractivity contribution is 6.31. The third kappa shape index (κ3) is 3.29. The molecule has 1 unspecified atom stereocenters. The SMILES string of the molecule is OC[C@@H](O)[C@H]1OC(c2ccccc2Cl)OC[C@H](O)[C@H]1O. The monoisotopic (exact) mass is 304 g/mol. The molecule has 112 valence electrons. The van der Waals surface area contributed by atoms with Crippen molar-refractivity contribution in [2.45, 2.75) is 30.7 Å². The molecule has 1 heterocycles. The zero-order valence-electron chi connectivity index (χ0n) is 10.6. The first-order valence-electron chi connectivity index (χ1n) is 6.21. The van der Waals surface area contributed by atoms with Gasteiger partial charge in [0.1, 0.15) is 24.4 Å². The summed E-state index contributed by atoms with van der Waals surface area (Å²) in [5.74, 6) is 0.